The first-order valence-corrected chi connectivity index (χ1v) is 4.53. The molecule has 2 aromatic rings. The SMILES string of the molecule is Cc1nc2cc(C(=O)Br)ccc2o1. The van der Waals surface area contributed by atoms with Crippen LogP contribution < -0.4 is 0 Å². The highest BCUT2D eigenvalue weighted by atomic mass is 79.9. The number of carbonyl (C=O) groups excluding carboxylic acids is 1. The van der Waals surface area contributed by atoms with Crippen LogP contribution >= 0.6 is 15.9 Å². The highest BCUT2D eigenvalue weighted by molar-refractivity contribution is 9.18. The molecule has 0 N–H and O–H groups in total. The van der Waals surface area contributed by atoms with E-state index < -0.39 is 0 Å². The van der Waals surface area contributed by atoms with Gasteiger partial charge in [-0.2, -0.15) is 0 Å². The van der Waals surface area contributed by atoms with Crippen LogP contribution in [0.2, 0.25) is 0 Å². The van der Waals surface area contributed by atoms with Gasteiger partial charge in [-0.15, -0.1) is 0 Å². The average Bonchev–Trinajstić information content (AvgIpc) is 2.42. The summed E-state index contributed by atoms with van der Waals surface area (Å²) in [7, 11) is 0. The summed E-state index contributed by atoms with van der Waals surface area (Å²) in [4.78, 5) is 15.1. The molecule has 0 fully saturated rings. The highest BCUT2D eigenvalue weighted by Crippen LogP contribution is 2.17. The maximum atomic E-state index is 11.0. The molecule has 13 heavy (non-hydrogen) atoms. The van der Waals surface area contributed by atoms with E-state index in [0.29, 0.717) is 22.6 Å². The van der Waals surface area contributed by atoms with E-state index >= 15 is 0 Å². The van der Waals surface area contributed by atoms with Crippen LogP contribution in [0, 0.1) is 6.92 Å². The van der Waals surface area contributed by atoms with E-state index in [4.69, 9.17) is 4.42 Å². The number of oxazole rings is 1. The Morgan fingerprint density at radius 1 is 1.54 bits per heavy atom. The monoisotopic (exact) mass is 239 g/mol. The third-order valence-corrected chi connectivity index (χ3v) is 2.18. The average molecular weight is 240 g/mol. The molecule has 1 aromatic heterocycles. The van der Waals surface area contributed by atoms with E-state index in [2.05, 4.69) is 20.9 Å². The van der Waals surface area contributed by atoms with Gasteiger partial charge < -0.3 is 4.42 Å². The topological polar surface area (TPSA) is 43.1 Å². The Bertz CT molecular complexity index is 475. The van der Waals surface area contributed by atoms with Crippen molar-refractivity contribution in [1.29, 1.82) is 0 Å². The molecule has 0 aliphatic heterocycles. The van der Waals surface area contributed by atoms with Gasteiger partial charge in [-0.05, 0) is 34.1 Å². The Kier molecular flexibility index (Phi) is 1.92. The number of fused-ring (bicyclic) bond motifs is 1. The molecule has 0 amide bonds. The Labute approximate surface area is 82.9 Å². The van der Waals surface area contributed by atoms with Crippen molar-refractivity contribution in [3.05, 3.63) is 29.7 Å². The van der Waals surface area contributed by atoms with Crippen LogP contribution in [0.1, 0.15) is 16.2 Å². The van der Waals surface area contributed by atoms with E-state index in [9.17, 15) is 4.79 Å². The minimum absolute atomic E-state index is 0.143. The fraction of sp³-hybridized carbons (Fsp3) is 0.111. The summed E-state index contributed by atoms with van der Waals surface area (Å²) in [6.07, 6.45) is 0. The van der Waals surface area contributed by atoms with Crippen molar-refractivity contribution < 1.29 is 9.21 Å². The number of hydrogen-bond donors (Lipinski definition) is 0. The second-order valence-corrected chi connectivity index (χ2v) is 3.41. The Balaban J connectivity index is 2.67. The molecular weight excluding hydrogens is 234 g/mol. The fourth-order valence-electron chi connectivity index (χ4n) is 1.16. The summed E-state index contributed by atoms with van der Waals surface area (Å²) >= 11 is 2.88. The molecule has 0 unspecified atom stereocenters. The van der Waals surface area contributed by atoms with Gasteiger partial charge in [0.2, 0.25) is 4.69 Å². The quantitative estimate of drug-likeness (QED) is 0.719. The summed E-state index contributed by atoms with van der Waals surface area (Å²) in [6, 6.07) is 5.14. The second-order valence-electron chi connectivity index (χ2n) is 2.69. The van der Waals surface area contributed by atoms with Crippen molar-refractivity contribution in [2.75, 3.05) is 0 Å². The lowest BCUT2D eigenvalue weighted by Crippen LogP contribution is -1.86. The van der Waals surface area contributed by atoms with E-state index in [0.717, 1.165) is 0 Å². The Hall–Kier alpha value is -1.16. The summed E-state index contributed by atoms with van der Waals surface area (Å²) in [5.74, 6) is 0.606. The van der Waals surface area contributed by atoms with Gasteiger partial charge in [0.1, 0.15) is 5.52 Å². The molecule has 4 heteroatoms. The number of nitrogens with zero attached hydrogens (tertiary/aromatic N) is 1. The zero-order chi connectivity index (χ0) is 9.42. The van der Waals surface area contributed by atoms with Crippen molar-refractivity contribution in [2.24, 2.45) is 0 Å². The summed E-state index contributed by atoms with van der Waals surface area (Å²) in [5, 5.41) is 0. The lowest BCUT2D eigenvalue weighted by molar-refractivity contribution is 0.109. The summed E-state index contributed by atoms with van der Waals surface area (Å²) in [6.45, 7) is 1.77. The first kappa shape index (κ1) is 8.44. The van der Waals surface area contributed by atoms with Crippen molar-refractivity contribution in [3.8, 4) is 0 Å². The lowest BCUT2D eigenvalue weighted by Gasteiger charge is -1.90. The molecule has 0 spiro atoms. The minimum atomic E-state index is -0.143. The predicted molar refractivity (Wildman–Crippen MR) is 52.0 cm³/mol. The minimum Gasteiger partial charge on any atom is -0.441 e. The number of carbonyl (C=O) groups is 1. The fourth-order valence-corrected chi connectivity index (χ4v) is 1.41. The van der Waals surface area contributed by atoms with Gasteiger partial charge in [0.05, 0.1) is 0 Å². The van der Waals surface area contributed by atoms with Gasteiger partial charge >= 0.3 is 0 Å². The van der Waals surface area contributed by atoms with Gasteiger partial charge in [0.15, 0.2) is 11.5 Å². The van der Waals surface area contributed by atoms with Crippen LogP contribution in [-0.4, -0.2) is 9.68 Å². The number of halogens is 1. The number of benzene rings is 1. The van der Waals surface area contributed by atoms with E-state index in [1.807, 2.05) is 0 Å². The van der Waals surface area contributed by atoms with Gasteiger partial charge in [0.25, 0.3) is 0 Å². The molecule has 0 saturated carbocycles. The van der Waals surface area contributed by atoms with Gasteiger partial charge in [-0.3, -0.25) is 4.79 Å². The maximum absolute atomic E-state index is 11.0. The van der Waals surface area contributed by atoms with Crippen LogP contribution in [0.25, 0.3) is 11.1 Å². The van der Waals surface area contributed by atoms with Crippen molar-refractivity contribution >= 4 is 31.7 Å². The van der Waals surface area contributed by atoms with Gasteiger partial charge in [-0.1, -0.05) is 0 Å². The number of rotatable bonds is 1. The van der Waals surface area contributed by atoms with Crippen LogP contribution in [0.4, 0.5) is 0 Å². The largest absolute Gasteiger partial charge is 0.441 e. The van der Waals surface area contributed by atoms with Crippen molar-refractivity contribution in [3.63, 3.8) is 0 Å². The molecule has 0 radical (unpaired) electrons. The predicted octanol–water partition coefficient (Wildman–Crippen LogP) is 2.67. The van der Waals surface area contributed by atoms with Gasteiger partial charge in [0, 0.05) is 12.5 Å². The Morgan fingerprint density at radius 3 is 3.00 bits per heavy atom. The van der Waals surface area contributed by atoms with Crippen LogP contribution in [0.5, 0.6) is 0 Å². The molecular formula is C9H6BrNO2. The second kappa shape index (κ2) is 2.96. The normalized spacial score (nSPS) is 10.6. The molecule has 0 bridgehead atoms. The van der Waals surface area contributed by atoms with E-state index in [1.54, 1.807) is 25.1 Å². The van der Waals surface area contributed by atoms with Crippen molar-refractivity contribution in [1.82, 2.24) is 4.98 Å². The number of aromatic nitrogens is 1. The Morgan fingerprint density at radius 2 is 2.31 bits per heavy atom. The molecule has 0 atom stereocenters. The smallest absolute Gasteiger partial charge is 0.228 e. The molecule has 2 rings (SSSR count). The summed E-state index contributed by atoms with van der Waals surface area (Å²) < 4.78 is 5.12. The van der Waals surface area contributed by atoms with Crippen LogP contribution in [-0.2, 0) is 0 Å². The highest BCUT2D eigenvalue weighted by Gasteiger charge is 2.06. The third kappa shape index (κ3) is 1.49. The molecule has 3 nitrogen and oxygen atoms in total. The van der Waals surface area contributed by atoms with Crippen LogP contribution in [0.3, 0.4) is 0 Å². The van der Waals surface area contributed by atoms with E-state index in [1.165, 1.54) is 0 Å². The van der Waals surface area contributed by atoms with Crippen molar-refractivity contribution in [2.45, 2.75) is 6.92 Å². The first-order valence-electron chi connectivity index (χ1n) is 3.74. The molecule has 0 saturated heterocycles. The standard InChI is InChI=1S/C9H6BrNO2/c1-5-11-7-4-6(9(10)12)2-3-8(7)13-5/h2-4H,1H3. The zero-order valence-electron chi connectivity index (χ0n) is 6.87. The number of aryl methyl sites for hydroxylation is 1. The van der Waals surface area contributed by atoms with E-state index in [-0.39, 0.29) is 4.69 Å². The zero-order valence-corrected chi connectivity index (χ0v) is 8.46. The van der Waals surface area contributed by atoms with Gasteiger partial charge in [-0.25, -0.2) is 4.98 Å². The molecule has 0 aliphatic rings. The number of hydrogen-bond acceptors (Lipinski definition) is 3. The molecule has 1 aromatic carbocycles. The molecule has 0 aliphatic carbocycles. The summed E-state index contributed by atoms with van der Waals surface area (Å²) in [5.41, 5.74) is 2.00. The third-order valence-electron chi connectivity index (χ3n) is 1.72. The molecule has 66 valence electrons. The first-order chi connectivity index (χ1) is 6.16. The lowest BCUT2D eigenvalue weighted by atomic mass is 10.2. The maximum Gasteiger partial charge on any atom is 0.228 e. The molecule has 1 heterocycles. The van der Waals surface area contributed by atoms with Crippen LogP contribution in [0.15, 0.2) is 22.6 Å².